The zero-order valence-electron chi connectivity index (χ0n) is 9.10. The van der Waals surface area contributed by atoms with E-state index in [1.165, 1.54) is 0 Å². The van der Waals surface area contributed by atoms with Crippen molar-refractivity contribution in [1.29, 1.82) is 5.26 Å². The summed E-state index contributed by atoms with van der Waals surface area (Å²) < 4.78 is 5.45. The summed E-state index contributed by atoms with van der Waals surface area (Å²) in [6.45, 7) is 3.85. The van der Waals surface area contributed by atoms with E-state index < -0.39 is 0 Å². The Balaban J connectivity index is 2.69. The summed E-state index contributed by atoms with van der Waals surface area (Å²) in [5, 5.41) is 8.74. The average molecular weight is 204 g/mol. The van der Waals surface area contributed by atoms with E-state index in [9.17, 15) is 0 Å². The first-order valence-corrected chi connectivity index (χ1v) is 5.09. The van der Waals surface area contributed by atoms with Crippen LogP contribution in [0.1, 0.15) is 31.9 Å². The third-order valence-electron chi connectivity index (χ3n) is 2.20. The molecular weight excluding hydrogens is 188 g/mol. The Hall–Kier alpha value is -1.53. The molecule has 2 N–H and O–H groups in total. The van der Waals surface area contributed by atoms with Gasteiger partial charge in [0.1, 0.15) is 11.8 Å². The van der Waals surface area contributed by atoms with E-state index in [2.05, 4.69) is 6.07 Å². The zero-order chi connectivity index (χ0) is 11.3. The molecule has 1 aromatic rings. The van der Waals surface area contributed by atoms with Crippen LogP contribution in [0.4, 0.5) is 0 Å². The van der Waals surface area contributed by atoms with Gasteiger partial charge in [-0.3, -0.25) is 0 Å². The highest BCUT2D eigenvalue weighted by Crippen LogP contribution is 2.17. The van der Waals surface area contributed by atoms with Gasteiger partial charge in [-0.05, 0) is 31.0 Å². The van der Waals surface area contributed by atoms with Crippen molar-refractivity contribution in [3.8, 4) is 11.8 Å². The second kappa shape index (κ2) is 5.38. The van der Waals surface area contributed by atoms with Crippen molar-refractivity contribution in [2.45, 2.75) is 32.4 Å². The quantitative estimate of drug-likeness (QED) is 0.819. The smallest absolute Gasteiger partial charge is 0.184 e. The molecule has 2 atom stereocenters. The van der Waals surface area contributed by atoms with Crippen molar-refractivity contribution >= 4 is 0 Å². The number of hydrogen-bond donors (Lipinski definition) is 1. The van der Waals surface area contributed by atoms with E-state index in [1.807, 2.05) is 38.1 Å². The number of nitrogens with two attached hydrogens (primary N) is 1. The van der Waals surface area contributed by atoms with E-state index >= 15 is 0 Å². The van der Waals surface area contributed by atoms with E-state index in [0.29, 0.717) is 12.2 Å². The summed E-state index contributed by atoms with van der Waals surface area (Å²) in [5.41, 5.74) is 6.79. The predicted octanol–water partition coefficient (Wildman–Crippen LogP) is 2.39. The average Bonchev–Trinajstić information content (AvgIpc) is 2.26. The molecule has 0 fully saturated rings. The summed E-state index contributed by atoms with van der Waals surface area (Å²) in [6.07, 6.45) is 0.317. The molecule has 0 spiro atoms. The van der Waals surface area contributed by atoms with Gasteiger partial charge in [-0.25, -0.2) is 0 Å². The molecule has 0 aliphatic rings. The van der Waals surface area contributed by atoms with E-state index in [0.717, 1.165) is 5.56 Å². The molecule has 0 bridgehead atoms. The van der Waals surface area contributed by atoms with Crippen LogP contribution in [0.5, 0.6) is 5.75 Å². The maximum absolute atomic E-state index is 8.74. The topological polar surface area (TPSA) is 59.0 Å². The number of nitrogens with zero attached hydrogens (tertiary/aromatic N) is 1. The number of benzene rings is 1. The van der Waals surface area contributed by atoms with Gasteiger partial charge in [-0.15, -0.1) is 0 Å². The van der Waals surface area contributed by atoms with Crippen LogP contribution in [0.15, 0.2) is 24.3 Å². The van der Waals surface area contributed by atoms with E-state index in [4.69, 9.17) is 15.7 Å². The molecule has 0 amide bonds. The third-order valence-corrected chi connectivity index (χ3v) is 2.20. The van der Waals surface area contributed by atoms with Crippen LogP contribution in [-0.2, 0) is 0 Å². The van der Waals surface area contributed by atoms with E-state index in [1.54, 1.807) is 0 Å². The van der Waals surface area contributed by atoms with Crippen molar-refractivity contribution in [2.75, 3.05) is 0 Å². The fraction of sp³-hybridized carbons (Fsp3) is 0.417. The highest BCUT2D eigenvalue weighted by atomic mass is 16.5. The van der Waals surface area contributed by atoms with Gasteiger partial charge in [0.15, 0.2) is 6.10 Å². The van der Waals surface area contributed by atoms with Gasteiger partial charge in [-0.2, -0.15) is 5.26 Å². The van der Waals surface area contributed by atoms with E-state index in [-0.39, 0.29) is 12.1 Å². The minimum absolute atomic E-state index is 0.0250. The van der Waals surface area contributed by atoms with Crippen molar-refractivity contribution in [3.05, 3.63) is 29.8 Å². The first-order chi connectivity index (χ1) is 7.17. The standard InChI is InChI=1S/C12H16N2O/c1-3-11(8-13)15-12-6-4-10(5-7-12)9(2)14/h4-7,9,11H,3,14H2,1-2H3/t9-,11?/m1/s1. The highest BCUT2D eigenvalue weighted by molar-refractivity contribution is 5.29. The van der Waals surface area contributed by atoms with Gasteiger partial charge in [0, 0.05) is 6.04 Å². The summed E-state index contributed by atoms with van der Waals surface area (Å²) in [5.74, 6) is 0.716. The van der Waals surface area contributed by atoms with Crippen molar-refractivity contribution in [3.63, 3.8) is 0 Å². The van der Waals surface area contributed by atoms with Crippen LogP contribution < -0.4 is 10.5 Å². The Labute approximate surface area is 90.5 Å². The van der Waals surface area contributed by atoms with Crippen LogP contribution >= 0.6 is 0 Å². The molecule has 0 saturated carbocycles. The van der Waals surface area contributed by atoms with Gasteiger partial charge in [0.2, 0.25) is 0 Å². The molecule has 80 valence electrons. The SMILES string of the molecule is CCC(C#N)Oc1ccc([C@@H](C)N)cc1. The van der Waals surface area contributed by atoms with Crippen LogP contribution in [0.3, 0.4) is 0 Å². The monoisotopic (exact) mass is 204 g/mol. The maximum Gasteiger partial charge on any atom is 0.184 e. The maximum atomic E-state index is 8.74. The lowest BCUT2D eigenvalue weighted by atomic mass is 10.1. The Morgan fingerprint density at radius 3 is 2.40 bits per heavy atom. The summed E-state index contributed by atoms with van der Waals surface area (Å²) in [6, 6.07) is 9.65. The minimum atomic E-state index is -0.369. The van der Waals surface area contributed by atoms with Gasteiger partial charge in [0.05, 0.1) is 0 Å². The van der Waals surface area contributed by atoms with Crippen LogP contribution in [0.2, 0.25) is 0 Å². The Kier molecular flexibility index (Phi) is 4.14. The number of hydrogen-bond acceptors (Lipinski definition) is 3. The summed E-state index contributed by atoms with van der Waals surface area (Å²) >= 11 is 0. The molecule has 0 saturated heterocycles. The third kappa shape index (κ3) is 3.26. The lowest BCUT2D eigenvalue weighted by Crippen LogP contribution is -2.12. The van der Waals surface area contributed by atoms with Gasteiger partial charge >= 0.3 is 0 Å². The predicted molar refractivity (Wildman–Crippen MR) is 59.4 cm³/mol. The Morgan fingerprint density at radius 2 is 2.00 bits per heavy atom. The Bertz CT molecular complexity index is 338. The first kappa shape index (κ1) is 11.5. The summed E-state index contributed by atoms with van der Waals surface area (Å²) in [4.78, 5) is 0. The Morgan fingerprint density at radius 1 is 1.40 bits per heavy atom. The molecule has 1 rings (SSSR count). The minimum Gasteiger partial charge on any atom is -0.476 e. The number of ether oxygens (including phenoxy) is 1. The molecule has 3 nitrogen and oxygen atoms in total. The van der Waals surface area contributed by atoms with Crippen LogP contribution in [-0.4, -0.2) is 6.10 Å². The van der Waals surface area contributed by atoms with Gasteiger partial charge < -0.3 is 10.5 Å². The molecule has 0 aliphatic heterocycles. The number of rotatable bonds is 4. The second-order valence-electron chi connectivity index (χ2n) is 3.50. The van der Waals surface area contributed by atoms with Gasteiger partial charge in [-0.1, -0.05) is 19.1 Å². The summed E-state index contributed by atoms with van der Waals surface area (Å²) in [7, 11) is 0. The molecule has 1 aromatic carbocycles. The van der Waals surface area contributed by atoms with Crippen molar-refractivity contribution < 1.29 is 4.74 Å². The molecule has 0 heterocycles. The highest BCUT2D eigenvalue weighted by Gasteiger charge is 2.06. The van der Waals surface area contributed by atoms with Crippen LogP contribution in [0, 0.1) is 11.3 Å². The van der Waals surface area contributed by atoms with Crippen molar-refractivity contribution in [2.24, 2.45) is 5.73 Å². The molecule has 0 aliphatic carbocycles. The van der Waals surface area contributed by atoms with Crippen LogP contribution in [0.25, 0.3) is 0 Å². The molecule has 15 heavy (non-hydrogen) atoms. The molecule has 1 unspecified atom stereocenters. The molecular formula is C12H16N2O. The first-order valence-electron chi connectivity index (χ1n) is 5.09. The normalized spacial score (nSPS) is 14.0. The number of nitriles is 1. The fourth-order valence-corrected chi connectivity index (χ4v) is 1.22. The lowest BCUT2D eigenvalue weighted by Gasteiger charge is -2.11. The lowest BCUT2D eigenvalue weighted by molar-refractivity contribution is 0.252. The van der Waals surface area contributed by atoms with Crippen molar-refractivity contribution in [1.82, 2.24) is 0 Å². The largest absolute Gasteiger partial charge is 0.476 e. The van der Waals surface area contributed by atoms with Gasteiger partial charge in [0.25, 0.3) is 0 Å². The molecule has 3 heteroatoms. The fourth-order valence-electron chi connectivity index (χ4n) is 1.22. The second-order valence-corrected chi connectivity index (χ2v) is 3.50. The molecule has 0 aromatic heterocycles. The molecule has 0 radical (unpaired) electrons. The zero-order valence-corrected chi connectivity index (χ0v) is 9.10.